The van der Waals surface area contributed by atoms with Crippen LogP contribution in [0.1, 0.15) is 0 Å². The number of fused-ring (bicyclic) bond motifs is 4. The molecular weight excluding hydrogens is 737 g/mol. The number of hydrogen-bond acceptors (Lipinski definition) is 5. The van der Waals surface area contributed by atoms with Crippen molar-refractivity contribution in [2.24, 2.45) is 0 Å². The van der Waals surface area contributed by atoms with Crippen LogP contribution >= 0.6 is 11.3 Å². The van der Waals surface area contributed by atoms with Gasteiger partial charge in [-0.2, -0.15) is 0 Å². The van der Waals surface area contributed by atoms with Crippen molar-refractivity contribution in [1.82, 2.24) is 19.9 Å². The first kappa shape index (κ1) is 34.6. The normalized spacial score (nSPS) is 11.4. The van der Waals surface area contributed by atoms with Crippen LogP contribution in [0.15, 0.2) is 206 Å². The minimum Gasteiger partial charge on any atom is -0.247 e. The Kier molecular flexibility index (Phi) is 8.64. The van der Waals surface area contributed by atoms with Crippen LogP contribution in [0.4, 0.5) is 0 Å². The highest BCUT2D eigenvalue weighted by Gasteiger charge is 2.24. The Labute approximate surface area is 345 Å². The van der Waals surface area contributed by atoms with Crippen molar-refractivity contribution in [2.75, 3.05) is 0 Å². The van der Waals surface area contributed by atoms with Crippen LogP contribution in [0.5, 0.6) is 0 Å². The number of thiophene rings is 1. The Bertz CT molecular complexity index is 3260. The molecule has 0 aliphatic rings. The van der Waals surface area contributed by atoms with Gasteiger partial charge >= 0.3 is 0 Å². The number of aromatic nitrogens is 4. The largest absolute Gasteiger partial charge is 0.247 e. The zero-order chi connectivity index (χ0) is 39.1. The molecule has 0 radical (unpaired) electrons. The molecule has 0 fully saturated rings. The standard InChI is InChI=1S/C54H34N4S/c1-4-18-36(19-5-1)49-48-47(44-31-16-24-35-17-10-11-29-43(35)44)50(59-51(48)45-30-12-13-32-46(45)55-49)41-27-14-25-39(33-41)40-26-15-28-42(34-40)54-57-52(37-20-6-2-7-21-37)56-53(58-54)38-22-8-3-9-23-38/h1-34H. The highest BCUT2D eigenvalue weighted by molar-refractivity contribution is 7.24. The molecule has 0 spiro atoms. The van der Waals surface area contributed by atoms with Crippen molar-refractivity contribution in [2.45, 2.75) is 0 Å². The maximum Gasteiger partial charge on any atom is 0.164 e. The second-order valence-corrected chi connectivity index (χ2v) is 15.6. The molecule has 0 atom stereocenters. The molecular formula is C54H34N4S. The van der Waals surface area contributed by atoms with Gasteiger partial charge in [-0.1, -0.05) is 188 Å². The van der Waals surface area contributed by atoms with E-state index < -0.39 is 0 Å². The lowest BCUT2D eigenvalue weighted by Crippen LogP contribution is -2.00. The van der Waals surface area contributed by atoms with Gasteiger partial charge in [0.2, 0.25) is 0 Å². The zero-order valence-electron chi connectivity index (χ0n) is 31.8. The Morgan fingerprint density at radius 2 is 0.814 bits per heavy atom. The van der Waals surface area contributed by atoms with Crippen molar-refractivity contribution < 1.29 is 0 Å². The molecule has 8 aromatic carbocycles. The monoisotopic (exact) mass is 770 g/mol. The first-order valence-corrected chi connectivity index (χ1v) is 20.5. The minimum absolute atomic E-state index is 0.631. The molecule has 3 aromatic heterocycles. The number of para-hydroxylation sites is 1. The molecule has 3 heterocycles. The maximum absolute atomic E-state index is 5.39. The van der Waals surface area contributed by atoms with Gasteiger partial charge in [0.25, 0.3) is 0 Å². The molecule has 59 heavy (non-hydrogen) atoms. The first-order valence-electron chi connectivity index (χ1n) is 19.7. The number of pyridine rings is 1. The zero-order valence-corrected chi connectivity index (χ0v) is 32.6. The number of rotatable bonds is 7. The molecule has 0 saturated heterocycles. The van der Waals surface area contributed by atoms with Gasteiger partial charge in [0.15, 0.2) is 17.5 Å². The lowest BCUT2D eigenvalue weighted by molar-refractivity contribution is 1.07. The fourth-order valence-corrected chi connectivity index (χ4v) is 9.46. The third-order valence-electron chi connectivity index (χ3n) is 10.9. The molecule has 5 heteroatoms. The summed E-state index contributed by atoms with van der Waals surface area (Å²) in [6, 6.07) is 72.2. The summed E-state index contributed by atoms with van der Waals surface area (Å²) in [4.78, 5) is 21.6. The third-order valence-corrected chi connectivity index (χ3v) is 12.2. The van der Waals surface area contributed by atoms with Gasteiger partial charge in [-0.05, 0) is 51.2 Å². The average molecular weight is 771 g/mol. The van der Waals surface area contributed by atoms with E-state index in [4.69, 9.17) is 19.9 Å². The highest BCUT2D eigenvalue weighted by Crippen LogP contribution is 2.51. The van der Waals surface area contributed by atoms with E-state index in [1.54, 1.807) is 0 Å². The van der Waals surface area contributed by atoms with Gasteiger partial charge in [-0.15, -0.1) is 11.3 Å². The SMILES string of the molecule is c1ccc(-c2nc(-c3ccccc3)nc(-c3cccc(-c4cccc(-c5sc6c(c(-c7ccccc7)nc7ccccc76)c5-c5cccc6ccccc56)c4)c3)n2)cc1. The van der Waals surface area contributed by atoms with E-state index in [1.807, 2.05) is 72.0 Å². The van der Waals surface area contributed by atoms with Crippen LogP contribution in [0.25, 0.3) is 110 Å². The molecule has 0 aliphatic carbocycles. The summed E-state index contributed by atoms with van der Waals surface area (Å²) in [5.41, 5.74) is 11.6. The molecule has 11 aromatic rings. The van der Waals surface area contributed by atoms with Crippen molar-refractivity contribution in [3.63, 3.8) is 0 Å². The van der Waals surface area contributed by atoms with Crippen LogP contribution in [-0.2, 0) is 0 Å². The van der Waals surface area contributed by atoms with Crippen molar-refractivity contribution >= 4 is 43.1 Å². The van der Waals surface area contributed by atoms with Crippen molar-refractivity contribution in [1.29, 1.82) is 0 Å². The van der Waals surface area contributed by atoms with Gasteiger partial charge in [-0.25, -0.2) is 19.9 Å². The van der Waals surface area contributed by atoms with Crippen LogP contribution in [-0.4, -0.2) is 19.9 Å². The van der Waals surface area contributed by atoms with E-state index in [2.05, 4.69) is 146 Å². The summed E-state index contributed by atoms with van der Waals surface area (Å²) in [5, 5.41) is 4.76. The van der Waals surface area contributed by atoms with Crippen LogP contribution in [0.3, 0.4) is 0 Å². The second-order valence-electron chi connectivity index (χ2n) is 14.6. The van der Waals surface area contributed by atoms with E-state index in [0.29, 0.717) is 17.5 Å². The van der Waals surface area contributed by atoms with E-state index >= 15 is 0 Å². The molecule has 11 rings (SSSR count). The fourth-order valence-electron chi connectivity index (χ4n) is 8.11. The Balaban J connectivity index is 1.11. The number of benzene rings is 8. The molecule has 0 saturated carbocycles. The average Bonchev–Trinajstić information content (AvgIpc) is 3.73. The summed E-state index contributed by atoms with van der Waals surface area (Å²) in [7, 11) is 0. The lowest BCUT2D eigenvalue weighted by atomic mass is 9.91. The summed E-state index contributed by atoms with van der Waals surface area (Å²) < 4.78 is 1.23. The van der Waals surface area contributed by atoms with Crippen LogP contribution < -0.4 is 0 Å². The summed E-state index contributed by atoms with van der Waals surface area (Å²) in [5.74, 6) is 1.92. The molecule has 0 amide bonds. The van der Waals surface area contributed by atoms with E-state index in [-0.39, 0.29) is 0 Å². The Morgan fingerprint density at radius 3 is 1.49 bits per heavy atom. The minimum atomic E-state index is 0.631. The lowest BCUT2D eigenvalue weighted by Gasteiger charge is -2.13. The summed E-state index contributed by atoms with van der Waals surface area (Å²) in [6.45, 7) is 0. The van der Waals surface area contributed by atoms with E-state index in [0.717, 1.165) is 55.5 Å². The van der Waals surface area contributed by atoms with Gasteiger partial charge < -0.3 is 0 Å². The number of nitrogens with zero attached hydrogens (tertiary/aromatic N) is 4. The van der Waals surface area contributed by atoms with Gasteiger partial charge in [0.1, 0.15) is 0 Å². The quantitative estimate of drug-likeness (QED) is 0.162. The second kappa shape index (κ2) is 14.7. The molecule has 4 nitrogen and oxygen atoms in total. The topological polar surface area (TPSA) is 51.6 Å². The highest BCUT2D eigenvalue weighted by atomic mass is 32.1. The predicted molar refractivity (Wildman–Crippen MR) is 246 cm³/mol. The summed E-state index contributed by atoms with van der Waals surface area (Å²) in [6.07, 6.45) is 0. The molecule has 0 unspecified atom stereocenters. The smallest absolute Gasteiger partial charge is 0.164 e. The van der Waals surface area contributed by atoms with Crippen molar-refractivity contribution in [3.8, 4) is 78.1 Å². The van der Waals surface area contributed by atoms with E-state index in [1.165, 1.54) is 36.9 Å². The van der Waals surface area contributed by atoms with Gasteiger partial charge in [-0.3, -0.25) is 0 Å². The predicted octanol–water partition coefficient (Wildman–Crippen LogP) is 14.5. The maximum atomic E-state index is 5.39. The van der Waals surface area contributed by atoms with Crippen LogP contribution in [0.2, 0.25) is 0 Å². The molecule has 276 valence electrons. The number of hydrogen-bond donors (Lipinski definition) is 0. The van der Waals surface area contributed by atoms with E-state index in [9.17, 15) is 0 Å². The molecule has 0 bridgehead atoms. The summed E-state index contributed by atoms with van der Waals surface area (Å²) >= 11 is 1.85. The molecule has 0 N–H and O–H groups in total. The van der Waals surface area contributed by atoms with Gasteiger partial charge in [0, 0.05) is 48.2 Å². The first-order chi connectivity index (χ1) is 29.2. The van der Waals surface area contributed by atoms with Crippen molar-refractivity contribution in [3.05, 3.63) is 206 Å². The Morgan fingerprint density at radius 1 is 0.339 bits per heavy atom. The Hall–Kier alpha value is -7.60. The fraction of sp³-hybridized carbons (Fsp3) is 0. The van der Waals surface area contributed by atoms with Gasteiger partial charge in [0.05, 0.1) is 11.2 Å². The van der Waals surface area contributed by atoms with Crippen LogP contribution in [0, 0.1) is 0 Å². The molecule has 0 aliphatic heterocycles. The third kappa shape index (κ3) is 6.35.